The minimum Gasteiger partial charge on any atom is -0.349 e. The predicted molar refractivity (Wildman–Crippen MR) is 107 cm³/mol. The molecule has 0 radical (unpaired) electrons. The second-order valence-electron chi connectivity index (χ2n) is 7.39. The van der Waals surface area contributed by atoms with E-state index in [0.717, 1.165) is 53.8 Å². The van der Waals surface area contributed by atoms with Crippen molar-refractivity contribution < 1.29 is 4.79 Å². The van der Waals surface area contributed by atoms with Crippen LogP contribution in [0.25, 0.3) is 22.2 Å². The van der Waals surface area contributed by atoms with Crippen molar-refractivity contribution in [1.29, 1.82) is 0 Å². The highest BCUT2D eigenvalue weighted by Gasteiger charge is 2.21. The van der Waals surface area contributed by atoms with Gasteiger partial charge < -0.3 is 10.2 Å². The van der Waals surface area contributed by atoms with E-state index in [-0.39, 0.29) is 11.9 Å². The molecule has 1 amide bonds. The van der Waals surface area contributed by atoms with E-state index in [1.807, 2.05) is 55.2 Å². The Hall–Kier alpha value is -2.73. The summed E-state index contributed by atoms with van der Waals surface area (Å²) >= 11 is 0. The maximum Gasteiger partial charge on any atom is 0.252 e. The van der Waals surface area contributed by atoms with Crippen LogP contribution in [0.5, 0.6) is 0 Å². The molecule has 3 heterocycles. The van der Waals surface area contributed by atoms with Crippen molar-refractivity contribution in [3.63, 3.8) is 0 Å². The Bertz CT molecular complexity index is 985. The average molecular weight is 363 g/mol. The Morgan fingerprint density at radius 2 is 1.93 bits per heavy atom. The standard InChI is InChI=1S/C21H25N5O/c1-14-18(13-22-26(14)3)20-12-17(16-6-4-5-7-19(16)24-20)21(27)23-15-8-10-25(2)11-9-15/h4-7,12-13,15H,8-11H2,1-3H3,(H,23,27). The van der Waals surface area contributed by atoms with E-state index >= 15 is 0 Å². The Balaban J connectivity index is 1.72. The largest absolute Gasteiger partial charge is 0.349 e. The van der Waals surface area contributed by atoms with Crippen LogP contribution in [-0.4, -0.2) is 51.8 Å². The second-order valence-corrected chi connectivity index (χ2v) is 7.39. The van der Waals surface area contributed by atoms with Crippen LogP contribution in [0.4, 0.5) is 0 Å². The van der Waals surface area contributed by atoms with Crippen molar-refractivity contribution in [3.8, 4) is 11.3 Å². The molecule has 0 atom stereocenters. The molecule has 0 bridgehead atoms. The summed E-state index contributed by atoms with van der Waals surface area (Å²) in [7, 11) is 4.03. The van der Waals surface area contributed by atoms with E-state index in [9.17, 15) is 4.79 Å². The Morgan fingerprint density at radius 3 is 2.63 bits per heavy atom. The van der Waals surface area contributed by atoms with Crippen molar-refractivity contribution in [2.75, 3.05) is 20.1 Å². The van der Waals surface area contributed by atoms with Crippen LogP contribution in [0.1, 0.15) is 28.9 Å². The molecule has 27 heavy (non-hydrogen) atoms. The van der Waals surface area contributed by atoms with Crippen LogP contribution in [0.3, 0.4) is 0 Å². The number of aryl methyl sites for hydroxylation is 1. The van der Waals surface area contributed by atoms with Gasteiger partial charge in [-0.05, 0) is 52.0 Å². The van der Waals surface area contributed by atoms with Crippen molar-refractivity contribution in [2.45, 2.75) is 25.8 Å². The van der Waals surface area contributed by atoms with Gasteiger partial charge in [-0.1, -0.05) is 18.2 Å². The zero-order chi connectivity index (χ0) is 19.0. The lowest BCUT2D eigenvalue weighted by Gasteiger charge is -2.29. The van der Waals surface area contributed by atoms with Crippen molar-refractivity contribution in [1.82, 2.24) is 25.0 Å². The lowest BCUT2D eigenvalue weighted by atomic mass is 10.0. The molecule has 0 spiro atoms. The summed E-state index contributed by atoms with van der Waals surface area (Å²) in [4.78, 5) is 20.2. The van der Waals surface area contributed by atoms with Crippen molar-refractivity contribution >= 4 is 16.8 Å². The van der Waals surface area contributed by atoms with E-state index in [1.165, 1.54) is 0 Å². The molecule has 2 aromatic heterocycles. The monoisotopic (exact) mass is 363 g/mol. The molecule has 4 rings (SSSR count). The summed E-state index contributed by atoms with van der Waals surface area (Å²) in [6, 6.07) is 9.95. The molecule has 1 fully saturated rings. The van der Waals surface area contributed by atoms with Crippen molar-refractivity contribution in [3.05, 3.63) is 47.8 Å². The van der Waals surface area contributed by atoms with Gasteiger partial charge in [-0.25, -0.2) is 4.98 Å². The van der Waals surface area contributed by atoms with Gasteiger partial charge in [0.25, 0.3) is 5.91 Å². The number of likely N-dealkylation sites (tertiary alicyclic amines) is 1. The topological polar surface area (TPSA) is 63.1 Å². The SMILES string of the molecule is Cc1c(-c2cc(C(=O)NC3CCN(C)CC3)c3ccccc3n2)cnn1C. The summed E-state index contributed by atoms with van der Waals surface area (Å²) < 4.78 is 1.82. The number of aromatic nitrogens is 3. The molecule has 140 valence electrons. The molecule has 1 aliphatic heterocycles. The highest BCUT2D eigenvalue weighted by atomic mass is 16.1. The molecule has 3 aromatic rings. The molecule has 0 unspecified atom stereocenters. The molecule has 0 aliphatic carbocycles. The maximum atomic E-state index is 13.1. The van der Waals surface area contributed by atoms with Gasteiger partial charge in [-0.3, -0.25) is 9.48 Å². The smallest absolute Gasteiger partial charge is 0.252 e. The van der Waals surface area contributed by atoms with Gasteiger partial charge in [0.1, 0.15) is 0 Å². The van der Waals surface area contributed by atoms with Gasteiger partial charge >= 0.3 is 0 Å². The zero-order valence-electron chi connectivity index (χ0n) is 16.1. The number of nitrogens with zero attached hydrogens (tertiary/aromatic N) is 4. The van der Waals surface area contributed by atoms with Gasteiger partial charge in [0.15, 0.2) is 0 Å². The fourth-order valence-corrected chi connectivity index (χ4v) is 3.67. The lowest BCUT2D eigenvalue weighted by Crippen LogP contribution is -2.43. The fraction of sp³-hybridized carbons (Fsp3) is 0.381. The van der Waals surface area contributed by atoms with Crippen LogP contribution in [-0.2, 0) is 7.05 Å². The number of carbonyl (C=O) groups is 1. The average Bonchev–Trinajstić information content (AvgIpc) is 3.01. The summed E-state index contributed by atoms with van der Waals surface area (Å²) in [6.07, 6.45) is 3.78. The van der Waals surface area contributed by atoms with Crippen LogP contribution in [0, 0.1) is 6.92 Å². The first kappa shape index (κ1) is 17.7. The lowest BCUT2D eigenvalue weighted by molar-refractivity contribution is 0.0918. The summed E-state index contributed by atoms with van der Waals surface area (Å²) in [6.45, 7) is 4.04. The molecule has 6 nitrogen and oxygen atoms in total. The van der Waals surface area contributed by atoms with Crippen LogP contribution in [0.15, 0.2) is 36.5 Å². The number of hydrogen-bond acceptors (Lipinski definition) is 4. The number of pyridine rings is 1. The van der Waals surface area contributed by atoms with Gasteiger partial charge in [0.05, 0.1) is 23.0 Å². The first-order valence-corrected chi connectivity index (χ1v) is 9.41. The third kappa shape index (κ3) is 3.45. The molecule has 1 saturated heterocycles. The number of rotatable bonds is 3. The molecular weight excluding hydrogens is 338 g/mol. The summed E-state index contributed by atoms with van der Waals surface area (Å²) in [5.74, 6) is -0.0223. The highest BCUT2D eigenvalue weighted by Crippen LogP contribution is 2.27. The van der Waals surface area contributed by atoms with E-state index < -0.39 is 0 Å². The number of piperidine rings is 1. The molecule has 6 heteroatoms. The van der Waals surface area contributed by atoms with E-state index in [2.05, 4.69) is 22.4 Å². The number of fused-ring (bicyclic) bond motifs is 1. The molecule has 1 N–H and O–H groups in total. The fourth-order valence-electron chi connectivity index (χ4n) is 3.67. The van der Waals surface area contributed by atoms with Crippen LogP contribution >= 0.6 is 0 Å². The van der Waals surface area contributed by atoms with Gasteiger partial charge in [-0.2, -0.15) is 5.10 Å². The number of para-hydroxylation sites is 1. The highest BCUT2D eigenvalue weighted by molar-refractivity contribution is 6.07. The molecular formula is C21H25N5O. The Kier molecular flexibility index (Phi) is 4.66. The zero-order valence-corrected chi connectivity index (χ0v) is 16.1. The third-order valence-electron chi connectivity index (χ3n) is 5.53. The number of hydrogen-bond donors (Lipinski definition) is 1. The molecule has 1 aromatic carbocycles. The third-order valence-corrected chi connectivity index (χ3v) is 5.53. The quantitative estimate of drug-likeness (QED) is 0.777. The van der Waals surface area contributed by atoms with Crippen LogP contribution in [0.2, 0.25) is 0 Å². The Labute approximate surface area is 159 Å². The normalized spacial score (nSPS) is 16.0. The number of carbonyl (C=O) groups excluding carboxylic acids is 1. The van der Waals surface area contributed by atoms with E-state index in [1.54, 1.807) is 0 Å². The van der Waals surface area contributed by atoms with Gasteiger partial charge in [0.2, 0.25) is 0 Å². The van der Waals surface area contributed by atoms with Crippen LogP contribution < -0.4 is 5.32 Å². The summed E-state index contributed by atoms with van der Waals surface area (Å²) in [5.41, 5.74) is 4.27. The maximum absolute atomic E-state index is 13.1. The molecule has 1 aliphatic rings. The number of nitrogens with one attached hydrogen (secondary N) is 1. The van der Waals surface area contributed by atoms with E-state index in [4.69, 9.17) is 4.98 Å². The first-order chi connectivity index (χ1) is 13.0. The van der Waals surface area contributed by atoms with Gasteiger partial charge in [0, 0.05) is 29.7 Å². The van der Waals surface area contributed by atoms with E-state index in [0.29, 0.717) is 5.56 Å². The minimum absolute atomic E-state index is 0.0223. The predicted octanol–water partition coefficient (Wildman–Crippen LogP) is 2.77. The minimum atomic E-state index is -0.0223. The Morgan fingerprint density at radius 1 is 1.19 bits per heavy atom. The summed E-state index contributed by atoms with van der Waals surface area (Å²) in [5, 5.41) is 8.43. The second kappa shape index (κ2) is 7.12. The molecule has 0 saturated carbocycles. The first-order valence-electron chi connectivity index (χ1n) is 9.41. The number of benzene rings is 1. The van der Waals surface area contributed by atoms with Gasteiger partial charge in [-0.15, -0.1) is 0 Å². The van der Waals surface area contributed by atoms with Crippen molar-refractivity contribution in [2.24, 2.45) is 7.05 Å². The number of amides is 1.